The second-order valence-electron chi connectivity index (χ2n) is 4.75. The van der Waals surface area contributed by atoms with Gasteiger partial charge >= 0.3 is 6.09 Å². The van der Waals surface area contributed by atoms with Crippen molar-refractivity contribution in [2.24, 2.45) is 0 Å². The number of carbonyl (C=O) groups is 1. The van der Waals surface area contributed by atoms with Crippen LogP contribution in [-0.4, -0.2) is 51.6 Å². The summed E-state index contributed by atoms with van der Waals surface area (Å²) in [5, 5.41) is 7.39. The van der Waals surface area contributed by atoms with E-state index in [-0.39, 0.29) is 11.9 Å². The second-order valence-corrected chi connectivity index (χ2v) is 5.81. The minimum atomic E-state index is -0.331. The number of H-pyrrole nitrogens is 1. The maximum Gasteiger partial charge on any atom is 0.409 e. The molecule has 8 heteroatoms. The second kappa shape index (κ2) is 6.78. The molecule has 1 aliphatic rings. The van der Waals surface area contributed by atoms with Gasteiger partial charge in [0.1, 0.15) is 12.4 Å². The Hall–Kier alpha value is -2.09. The third kappa shape index (κ3) is 3.38. The maximum atomic E-state index is 13.7. The van der Waals surface area contributed by atoms with Gasteiger partial charge in [0.05, 0.1) is 12.1 Å². The number of hydrogen-bond acceptors (Lipinski definition) is 5. The fourth-order valence-corrected chi connectivity index (χ4v) is 2.85. The van der Waals surface area contributed by atoms with E-state index in [4.69, 9.17) is 4.74 Å². The van der Waals surface area contributed by atoms with Gasteiger partial charge in [-0.3, -0.25) is 5.10 Å². The summed E-state index contributed by atoms with van der Waals surface area (Å²) in [5.74, 6) is 0.865. The number of halogens is 1. The topological polar surface area (TPSA) is 71.1 Å². The standard InChI is InChI=1S/C14H15FN4O2S/c15-11-5-2-1-4-10(11)12-16-13(18-17-12)22-9-3-6-19-7-8-21-14(19)20/h1-2,4-5H,3,6-9H2,(H,16,17,18). The zero-order chi connectivity index (χ0) is 15.4. The summed E-state index contributed by atoms with van der Waals surface area (Å²) < 4.78 is 18.5. The Morgan fingerprint density at radius 1 is 1.41 bits per heavy atom. The number of amides is 1. The Morgan fingerprint density at radius 3 is 3.05 bits per heavy atom. The first-order valence-electron chi connectivity index (χ1n) is 6.96. The van der Waals surface area contributed by atoms with Gasteiger partial charge in [-0.15, -0.1) is 5.10 Å². The quantitative estimate of drug-likeness (QED) is 0.654. The van der Waals surface area contributed by atoms with Crippen LogP contribution in [0.2, 0.25) is 0 Å². The molecule has 1 amide bonds. The molecule has 22 heavy (non-hydrogen) atoms. The maximum absolute atomic E-state index is 13.7. The molecule has 0 saturated carbocycles. The van der Waals surface area contributed by atoms with E-state index in [2.05, 4.69) is 15.2 Å². The van der Waals surface area contributed by atoms with Crippen molar-refractivity contribution in [3.63, 3.8) is 0 Å². The first-order valence-corrected chi connectivity index (χ1v) is 7.94. The molecule has 1 aliphatic heterocycles. The number of thioether (sulfide) groups is 1. The molecule has 1 saturated heterocycles. The number of cyclic esters (lactones) is 1. The molecule has 2 heterocycles. The summed E-state index contributed by atoms with van der Waals surface area (Å²) in [7, 11) is 0. The highest BCUT2D eigenvalue weighted by atomic mass is 32.2. The van der Waals surface area contributed by atoms with Crippen molar-refractivity contribution in [1.82, 2.24) is 20.1 Å². The van der Waals surface area contributed by atoms with Crippen molar-refractivity contribution in [3.8, 4) is 11.4 Å². The Labute approximate surface area is 131 Å². The van der Waals surface area contributed by atoms with Gasteiger partial charge in [0, 0.05) is 12.3 Å². The van der Waals surface area contributed by atoms with Crippen LogP contribution in [0, 0.1) is 5.82 Å². The van der Waals surface area contributed by atoms with Crippen LogP contribution in [0.4, 0.5) is 9.18 Å². The van der Waals surface area contributed by atoms with Gasteiger partial charge in [0.25, 0.3) is 0 Å². The number of nitrogens with zero attached hydrogens (tertiary/aromatic N) is 3. The first-order chi connectivity index (χ1) is 10.7. The molecule has 1 aromatic heterocycles. The molecular weight excluding hydrogens is 307 g/mol. The molecule has 1 aromatic carbocycles. The van der Waals surface area contributed by atoms with Crippen LogP contribution in [0.5, 0.6) is 0 Å². The third-order valence-electron chi connectivity index (χ3n) is 3.24. The van der Waals surface area contributed by atoms with Gasteiger partial charge in [0.2, 0.25) is 5.16 Å². The average Bonchev–Trinajstić information content (AvgIpc) is 3.14. The lowest BCUT2D eigenvalue weighted by Gasteiger charge is -2.10. The zero-order valence-corrected chi connectivity index (χ0v) is 12.6. The van der Waals surface area contributed by atoms with Crippen LogP contribution in [0.3, 0.4) is 0 Å². The van der Waals surface area contributed by atoms with E-state index in [1.807, 2.05) is 0 Å². The lowest BCUT2D eigenvalue weighted by molar-refractivity contribution is 0.158. The predicted octanol–water partition coefficient (Wildman–Crippen LogP) is 2.55. The minimum absolute atomic E-state index is 0.246. The number of ether oxygens (including phenoxy) is 1. The molecule has 1 N–H and O–H groups in total. The zero-order valence-electron chi connectivity index (χ0n) is 11.8. The van der Waals surface area contributed by atoms with E-state index >= 15 is 0 Å². The number of aromatic amines is 1. The third-order valence-corrected chi connectivity index (χ3v) is 4.18. The number of carbonyl (C=O) groups excluding carboxylic acids is 1. The van der Waals surface area contributed by atoms with Crippen LogP contribution in [0.15, 0.2) is 29.4 Å². The highest BCUT2D eigenvalue weighted by molar-refractivity contribution is 7.99. The molecule has 0 bridgehead atoms. The summed E-state index contributed by atoms with van der Waals surface area (Å²) in [6.07, 6.45) is 0.577. The Bertz CT molecular complexity index is 664. The monoisotopic (exact) mass is 322 g/mol. The van der Waals surface area contributed by atoms with Crippen LogP contribution in [0.1, 0.15) is 6.42 Å². The summed E-state index contributed by atoms with van der Waals surface area (Å²) in [6, 6.07) is 6.43. The smallest absolute Gasteiger partial charge is 0.409 e. The summed E-state index contributed by atoms with van der Waals surface area (Å²) in [4.78, 5) is 17.2. The van der Waals surface area contributed by atoms with Crippen LogP contribution in [0.25, 0.3) is 11.4 Å². The molecule has 0 spiro atoms. The Balaban J connectivity index is 1.50. The van der Waals surface area contributed by atoms with Gasteiger partial charge in [-0.05, 0) is 18.6 Å². The molecule has 3 rings (SSSR count). The van der Waals surface area contributed by atoms with Crippen molar-refractivity contribution < 1.29 is 13.9 Å². The van der Waals surface area contributed by atoms with Gasteiger partial charge in [-0.1, -0.05) is 23.9 Å². The van der Waals surface area contributed by atoms with E-state index in [1.54, 1.807) is 23.1 Å². The molecule has 2 aromatic rings. The summed E-state index contributed by atoms with van der Waals surface area (Å²) in [5.41, 5.74) is 0.404. The molecule has 0 atom stereocenters. The summed E-state index contributed by atoms with van der Waals surface area (Å²) >= 11 is 1.47. The number of hydrogen-bond donors (Lipinski definition) is 1. The largest absolute Gasteiger partial charge is 0.448 e. The fourth-order valence-electron chi connectivity index (χ4n) is 2.13. The highest BCUT2D eigenvalue weighted by Crippen LogP contribution is 2.22. The average molecular weight is 322 g/mol. The molecule has 116 valence electrons. The lowest BCUT2D eigenvalue weighted by atomic mass is 10.2. The van der Waals surface area contributed by atoms with Crippen molar-refractivity contribution in [2.45, 2.75) is 11.6 Å². The molecule has 0 radical (unpaired) electrons. The van der Waals surface area contributed by atoms with Crippen molar-refractivity contribution >= 4 is 17.9 Å². The predicted molar refractivity (Wildman–Crippen MR) is 80.0 cm³/mol. The van der Waals surface area contributed by atoms with Crippen LogP contribution >= 0.6 is 11.8 Å². The fraction of sp³-hybridized carbons (Fsp3) is 0.357. The molecule has 0 aliphatic carbocycles. The molecule has 1 fully saturated rings. The van der Waals surface area contributed by atoms with Crippen LogP contribution < -0.4 is 0 Å². The van der Waals surface area contributed by atoms with E-state index in [0.29, 0.717) is 36.2 Å². The van der Waals surface area contributed by atoms with Crippen molar-refractivity contribution in [1.29, 1.82) is 0 Å². The number of benzene rings is 1. The van der Waals surface area contributed by atoms with E-state index < -0.39 is 0 Å². The molecule has 0 unspecified atom stereocenters. The van der Waals surface area contributed by atoms with Gasteiger partial charge in [-0.2, -0.15) is 0 Å². The van der Waals surface area contributed by atoms with Gasteiger partial charge in [0.15, 0.2) is 5.82 Å². The van der Waals surface area contributed by atoms with E-state index in [0.717, 1.165) is 12.2 Å². The van der Waals surface area contributed by atoms with E-state index in [9.17, 15) is 9.18 Å². The SMILES string of the molecule is O=C1OCCN1CCCSc1n[nH]c(-c2ccccc2F)n1. The van der Waals surface area contributed by atoms with Crippen molar-refractivity contribution in [2.75, 3.05) is 25.4 Å². The molecular formula is C14H15FN4O2S. The van der Waals surface area contributed by atoms with Crippen molar-refractivity contribution in [3.05, 3.63) is 30.1 Å². The van der Waals surface area contributed by atoms with Crippen LogP contribution in [-0.2, 0) is 4.74 Å². The first kappa shape index (κ1) is 14.8. The number of rotatable bonds is 6. The number of aromatic nitrogens is 3. The Kier molecular flexibility index (Phi) is 4.57. The normalized spacial score (nSPS) is 14.4. The van der Waals surface area contributed by atoms with E-state index in [1.165, 1.54) is 17.8 Å². The van der Waals surface area contributed by atoms with Gasteiger partial charge < -0.3 is 9.64 Å². The molecule has 6 nitrogen and oxygen atoms in total. The lowest BCUT2D eigenvalue weighted by Crippen LogP contribution is -2.25. The van der Waals surface area contributed by atoms with Gasteiger partial charge in [-0.25, -0.2) is 14.2 Å². The summed E-state index contributed by atoms with van der Waals surface area (Å²) in [6.45, 7) is 1.79. The highest BCUT2D eigenvalue weighted by Gasteiger charge is 2.20. The Morgan fingerprint density at radius 2 is 2.27 bits per heavy atom. The minimum Gasteiger partial charge on any atom is -0.448 e. The number of nitrogens with one attached hydrogen (secondary N) is 1.